The van der Waals surface area contributed by atoms with E-state index < -0.39 is 0 Å². The fourth-order valence-electron chi connectivity index (χ4n) is 2.69. The van der Waals surface area contributed by atoms with E-state index in [9.17, 15) is 0 Å². The van der Waals surface area contributed by atoms with Crippen LogP contribution in [-0.4, -0.2) is 17.1 Å². The number of hydrogen-bond donors (Lipinski definition) is 0. The number of fused-ring (bicyclic) bond motifs is 1. The summed E-state index contributed by atoms with van der Waals surface area (Å²) >= 11 is 6.34. The summed E-state index contributed by atoms with van der Waals surface area (Å²) in [6.45, 7) is 0.550. The molecule has 0 bridgehead atoms. The zero-order valence-electron chi connectivity index (χ0n) is 11.5. The summed E-state index contributed by atoms with van der Waals surface area (Å²) in [4.78, 5) is 9.23. The van der Waals surface area contributed by atoms with Crippen LogP contribution in [0.3, 0.4) is 0 Å². The average molecular weight is 289 g/mol. The first-order valence-corrected chi connectivity index (χ1v) is 7.30. The molecule has 104 valence electrons. The van der Waals surface area contributed by atoms with Gasteiger partial charge in [0.15, 0.2) is 5.82 Å². The first-order valence-electron chi connectivity index (χ1n) is 6.92. The minimum atomic E-state index is 0.550. The molecule has 0 spiro atoms. The third-order valence-electron chi connectivity index (χ3n) is 3.69. The Hall–Kier alpha value is -1.45. The molecule has 0 amide bonds. The minimum Gasteiger partial charge on any atom is -0.380 e. The molecule has 1 heterocycles. The van der Waals surface area contributed by atoms with Crippen molar-refractivity contribution in [3.05, 3.63) is 46.2 Å². The summed E-state index contributed by atoms with van der Waals surface area (Å²) in [7, 11) is 1.69. The van der Waals surface area contributed by atoms with E-state index in [-0.39, 0.29) is 0 Å². The molecule has 1 aromatic heterocycles. The van der Waals surface area contributed by atoms with Crippen molar-refractivity contribution < 1.29 is 4.74 Å². The number of methoxy groups -OCH3 is 1. The molecule has 0 atom stereocenters. The van der Waals surface area contributed by atoms with E-state index in [2.05, 4.69) is 4.98 Å². The third kappa shape index (κ3) is 2.56. The molecule has 0 unspecified atom stereocenters. The molecule has 3 rings (SSSR count). The highest BCUT2D eigenvalue weighted by atomic mass is 35.5. The maximum absolute atomic E-state index is 6.34. The molecule has 2 aromatic rings. The van der Waals surface area contributed by atoms with Crippen molar-refractivity contribution in [2.24, 2.45) is 0 Å². The highest BCUT2D eigenvalue weighted by Gasteiger charge is 2.18. The van der Waals surface area contributed by atoms with E-state index in [0.717, 1.165) is 35.2 Å². The Morgan fingerprint density at radius 1 is 1.15 bits per heavy atom. The van der Waals surface area contributed by atoms with Gasteiger partial charge in [0, 0.05) is 23.9 Å². The quantitative estimate of drug-likeness (QED) is 0.805. The normalized spacial score (nSPS) is 14.1. The zero-order chi connectivity index (χ0) is 13.9. The summed E-state index contributed by atoms with van der Waals surface area (Å²) in [6.07, 6.45) is 4.35. The zero-order valence-corrected chi connectivity index (χ0v) is 12.3. The lowest BCUT2D eigenvalue weighted by molar-refractivity contribution is 0.185. The Morgan fingerprint density at radius 2 is 1.95 bits per heavy atom. The number of ether oxygens (including phenoxy) is 1. The topological polar surface area (TPSA) is 35.0 Å². The molecular weight excluding hydrogens is 272 g/mol. The molecule has 0 fully saturated rings. The molecule has 0 N–H and O–H groups in total. The van der Waals surface area contributed by atoms with Gasteiger partial charge >= 0.3 is 0 Å². The number of benzene rings is 1. The van der Waals surface area contributed by atoms with Crippen molar-refractivity contribution in [3.63, 3.8) is 0 Å². The van der Waals surface area contributed by atoms with Crippen LogP contribution in [0.4, 0.5) is 0 Å². The lowest BCUT2D eigenvalue weighted by Gasteiger charge is -2.17. The SMILES string of the molecule is COCc1ccccc1-c1nc(Cl)c2c(n1)CCCC2. The Morgan fingerprint density at radius 3 is 2.80 bits per heavy atom. The molecule has 0 saturated heterocycles. The van der Waals surface area contributed by atoms with Crippen LogP contribution in [0.1, 0.15) is 29.7 Å². The fraction of sp³-hybridized carbons (Fsp3) is 0.375. The molecule has 0 radical (unpaired) electrons. The van der Waals surface area contributed by atoms with Crippen LogP contribution >= 0.6 is 11.6 Å². The van der Waals surface area contributed by atoms with Crippen LogP contribution in [0.25, 0.3) is 11.4 Å². The van der Waals surface area contributed by atoms with Crippen LogP contribution in [0.5, 0.6) is 0 Å². The van der Waals surface area contributed by atoms with Gasteiger partial charge in [0.1, 0.15) is 5.15 Å². The molecule has 1 aromatic carbocycles. The number of nitrogens with zero attached hydrogens (tertiary/aromatic N) is 2. The monoisotopic (exact) mass is 288 g/mol. The number of hydrogen-bond acceptors (Lipinski definition) is 3. The summed E-state index contributed by atoms with van der Waals surface area (Å²) in [5.41, 5.74) is 4.33. The molecular formula is C16H17ClN2O. The number of rotatable bonds is 3. The predicted molar refractivity (Wildman–Crippen MR) is 79.8 cm³/mol. The van der Waals surface area contributed by atoms with Gasteiger partial charge in [0.25, 0.3) is 0 Å². The van der Waals surface area contributed by atoms with Crippen molar-refractivity contribution in [3.8, 4) is 11.4 Å². The van der Waals surface area contributed by atoms with Gasteiger partial charge in [-0.25, -0.2) is 9.97 Å². The van der Waals surface area contributed by atoms with Crippen molar-refractivity contribution in [1.82, 2.24) is 9.97 Å². The minimum absolute atomic E-state index is 0.550. The van der Waals surface area contributed by atoms with E-state index in [1.54, 1.807) is 7.11 Å². The van der Waals surface area contributed by atoms with E-state index in [0.29, 0.717) is 17.6 Å². The Labute approximate surface area is 124 Å². The van der Waals surface area contributed by atoms with Crippen LogP contribution in [0, 0.1) is 0 Å². The highest BCUT2D eigenvalue weighted by Crippen LogP contribution is 2.29. The molecule has 0 aliphatic heterocycles. The van der Waals surface area contributed by atoms with Gasteiger partial charge in [0.05, 0.1) is 6.61 Å². The summed E-state index contributed by atoms with van der Waals surface area (Å²) in [5.74, 6) is 0.711. The number of aryl methyl sites for hydroxylation is 1. The van der Waals surface area contributed by atoms with Crippen molar-refractivity contribution in [1.29, 1.82) is 0 Å². The maximum Gasteiger partial charge on any atom is 0.161 e. The first kappa shape index (κ1) is 13.5. The summed E-state index contributed by atoms with van der Waals surface area (Å²) < 4.78 is 5.24. The van der Waals surface area contributed by atoms with Gasteiger partial charge in [-0.1, -0.05) is 35.9 Å². The van der Waals surface area contributed by atoms with Crippen LogP contribution in [-0.2, 0) is 24.2 Å². The lowest BCUT2D eigenvalue weighted by Crippen LogP contribution is -2.09. The van der Waals surface area contributed by atoms with E-state index in [4.69, 9.17) is 21.3 Å². The molecule has 1 aliphatic carbocycles. The Bertz CT molecular complexity index is 628. The molecule has 4 heteroatoms. The number of halogens is 1. The van der Waals surface area contributed by atoms with Gasteiger partial charge in [0.2, 0.25) is 0 Å². The second-order valence-corrected chi connectivity index (χ2v) is 5.42. The molecule has 1 aliphatic rings. The number of aromatic nitrogens is 2. The standard InChI is InChI=1S/C16H17ClN2O/c1-20-10-11-6-2-3-7-12(11)16-18-14-9-5-4-8-13(14)15(17)19-16/h2-3,6-7H,4-5,8-10H2,1H3. The fourth-order valence-corrected chi connectivity index (χ4v) is 2.97. The Balaban J connectivity index is 2.09. The van der Waals surface area contributed by atoms with Gasteiger partial charge in [-0.2, -0.15) is 0 Å². The average Bonchev–Trinajstić information content (AvgIpc) is 2.48. The van der Waals surface area contributed by atoms with Crippen molar-refractivity contribution in [2.75, 3.05) is 7.11 Å². The smallest absolute Gasteiger partial charge is 0.161 e. The predicted octanol–water partition coefficient (Wildman–Crippen LogP) is 3.82. The van der Waals surface area contributed by atoms with E-state index in [1.165, 1.54) is 12.8 Å². The van der Waals surface area contributed by atoms with Gasteiger partial charge in [-0.05, 0) is 31.2 Å². The van der Waals surface area contributed by atoms with Gasteiger partial charge < -0.3 is 4.74 Å². The summed E-state index contributed by atoms with van der Waals surface area (Å²) in [6, 6.07) is 8.05. The largest absolute Gasteiger partial charge is 0.380 e. The second kappa shape index (κ2) is 5.90. The van der Waals surface area contributed by atoms with Crippen molar-refractivity contribution >= 4 is 11.6 Å². The second-order valence-electron chi connectivity index (χ2n) is 5.06. The van der Waals surface area contributed by atoms with Crippen molar-refractivity contribution in [2.45, 2.75) is 32.3 Å². The van der Waals surface area contributed by atoms with E-state index in [1.807, 2.05) is 24.3 Å². The first-order chi connectivity index (χ1) is 9.79. The highest BCUT2D eigenvalue weighted by molar-refractivity contribution is 6.30. The van der Waals surface area contributed by atoms with Gasteiger partial charge in [-0.15, -0.1) is 0 Å². The summed E-state index contributed by atoms with van der Waals surface area (Å²) in [5, 5.41) is 0.608. The molecule has 0 saturated carbocycles. The third-order valence-corrected chi connectivity index (χ3v) is 4.00. The van der Waals surface area contributed by atoms with Gasteiger partial charge in [-0.3, -0.25) is 0 Å². The van der Waals surface area contributed by atoms with E-state index >= 15 is 0 Å². The maximum atomic E-state index is 6.34. The van der Waals surface area contributed by atoms with Crippen LogP contribution < -0.4 is 0 Å². The molecule has 3 nitrogen and oxygen atoms in total. The van der Waals surface area contributed by atoms with Crippen LogP contribution in [0.2, 0.25) is 5.15 Å². The Kier molecular flexibility index (Phi) is 3.99. The lowest BCUT2D eigenvalue weighted by atomic mass is 9.97. The molecule has 20 heavy (non-hydrogen) atoms. The van der Waals surface area contributed by atoms with Crippen LogP contribution in [0.15, 0.2) is 24.3 Å².